The molecule has 6 nitrogen and oxygen atoms in total. The summed E-state index contributed by atoms with van der Waals surface area (Å²) in [6.07, 6.45) is 0. The van der Waals surface area contributed by atoms with Crippen molar-refractivity contribution < 1.29 is 4.79 Å². The maximum Gasteiger partial charge on any atom is 0.233 e. The molecule has 1 amide bonds. The van der Waals surface area contributed by atoms with Gasteiger partial charge in [-0.2, -0.15) is 0 Å². The number of aromatic nitrogens is 3. The topological polar surface area (TPSA) is 54.3 Å². The average Bonchev–Trinajstić information content (AvgIpc) is 3.04. The summed E-state index contributed by atoms with van der Waals surface area (Å²) in [5.74, 6) is 1.27. The summed E-state index contributed by atoms with van der Waals surface area (Å²) < 4.78 is 2.00. The monoisotopic (exact) mass is 395 g/mol. The quantitative estimate of drug-likeness (QED) is 0.640. The molecule has 0 saturated heterocycles. The molecule has 0 radical (unpaired) electrons. The Morgan fingerprint density at radius 2 is 1.81 bits per heavy atom. The Morgan fingerprint density at radius 1 is 1.19 bits per heavy atom. The summed E-state index contributed by atoms with van der Waals surface area (Å²) in [4.78, 5) is 16.2. The molecule has 1 atom stereocenters. The van der Waals surface area contributed by atoms with Crippen molar-refractivity contribution in [3.8, 4) is 5.69 Å². The van der Waals surface area contributed by atoms with Crippen LogP contribution in [0.25, 0.3) is 5.69 Å². The second-order valence-corrected chi connectivity index (χ2v) is 7.53. The van der Waals surface area contributed by atoms with Gasteiger partial charge in [0.25, 0.3) is 0 Å². The van der Waals surface area contributed by atoms with E-state index in [0.717, 1.165) is 11.5 Å². The van der Waals surface area contributed by atoms with Gasteiger partial charge in [0.1, 0.15) is 0 Å². The molecule has 2 rings (SSSR count). The van der Waals surface area contributed by atoms with Gasteiger partial charge in [0, 0.05) is 23.8 Å². The van der Waals surface area contributed by atoms with E-state index in [-0.39, 0.29) is 11.9 Å². The second kappa shape index (κ2) is 9.39. The fourth-order valence-electron chi connectivity index (χ4n) is 2.50. The number of carbonyl (C=O) groups excluding carboxylic acids is 1. The first-order chi connectivity index (χ1) is 12.4. The minimum absolute atomic E-state index is 0.0750. The molecule has 26 heavy (non-hydrogen) atoms. The van der Waals surface area contributed by atoms with E-state index >= 15 is 0 Å². The first-order valence-corrected chi connectivity index (χ1v) is 10.0. The van der Waals surface area contributed by atoms with Crippen molar-refractivity contribution >= 4 is 29.3 Å². The number of rotatable bonds is 8. The molecule has 0 fully saturated rings. The maximum atomic E-state index is 12.3. The number of amides is 1. The number of hydrogen-bond donors (Lipinski definition) is 0. The first-order valence-electron chi connectivity index (χ1n) is 8.67. The fourth-order valence-corrected chi connectivity index (χ4v) is 3.49. The molecule has 1 heterocycles. The highest BCUT2D eigenvalue weighted by atomic mass is 35.5. The Labute approximate surface area is 164 Å². The lowest BCUT2D eigenvalue weighted by Gasteiger charge is -2.21. The fraction of sp³-hybridized carbons (Fsp3) is 0.500. The maximum absolute atomic E-state index is 12.3. The Balaban J connectivity index is 2.34. The van der Waals surface area contributed by atoms with E-state index in [9.17, 15) is 4.79 Å². The molecule has 0 spiro atoms. The molecular weight excluding hydrogens is 370 g/mol. The van der Waals surface area contributed by atoms with Gasteiger partial charge in [0.05, 0.1) is 11.8 Å². The van der Waals surface area contributed by atoms with Crippen molar-refractivity contribution in [2.45, 2.75) is 32.0 Å². The zero-order valence-corrected chi connectivity index (χ0v) is 17.5. The van der Waals surface area contributed by atoms with Gasteiger partial charge in [-0.1, -0.05) is 23.4 Å². The third-order valence-electron chi connectivity index (χ3n) is 4.33. The van der Waals surface area contributed by atoms with Crippen molar-refractivity contribution in [3.63, 3.8) is 0 Å². The Kier molecular flexibility index (Phi) is 7.49. The Hall–Kier alpha value is -1.57. The summed E-state index contributed by atoms with van der Waals surface area (Å²) >= 11 is 7.44. The van der Waals surface area contributed by atoms with Gasteiger partial charge in [-0.05, 0) is 59.1 Å². The Morgan fingerprint density at radius 3 is 2.35 bits per heavy atom. The van der Waals surface area contributed by atoms with Crippen LogP contribution in [0, 0.1) is 0 Å². The number of carbonyl (C=O) groups is 1. The average molecular weight is 396 g/mol. The summed E-state index contributed by atoms with van der Waals surface area (Å²) in [6.45, 7) is 7.47. The third-order valence-corrected chi connectivity index (χ3v) is 5.50. The third kappa shape index (κ3) is 4.78. The van der Waals surface area contributed by atoms with Crippen LogP contribution in [0.5, 0.6) is 0 Å². The normalized spacial score (nSPS) is 12.4. The molecule has 0 aliphatic heterocycles. The Bertz CT molecular complexity index is 728. The van der Waals surface area contributed by atoms with E-state index in [1.807, 2.05) is 61.7 Å². The molecular formula is C18H26ClN5OS. The molecule has 142 valence electrons. The van der Waals surface area contributed by atoms with Gasteiger partial charge < -0.3 is 4.90 Å². The van der Waals surface area contributed by atoms with Gasteiger partial charge in [-0.15, -0.1) is 10.2 Å². The van der Waals surface area contributed by atoms with Crippen LogP contribution in [0.15, 0.2) is 29.4 Å². The predicted molar refractivity (Wildman–Crippen MR) is 107 cm³/mol. The van der Waals surface area contributed by atoms with E-state index in [1.165, 1.54) is 11.8 Å². The summed E-state index contributed by atoms with van der Waals surface area (Å²) in [5, 5.41) is 10.1. The van der Waals surface area contributed by atoms with Crippen molar-refractivity contribution in [2.24, 2.45) is 0 Å². The molecule has 1 unspecified atom stereocenters. The highest BCUT2D eigenvalue weighted by Crippen LogP contribution is 2.27. The highest BCUT2D eigenvalue weighted by molar-refractivity contribution is 7.99. The van der Waals surface area contributed by atoms with Crippen LogP contribution in [0.2, 0.25) is 5.02 Å². The summed E-state index contributed by atoms with van der Waals surface area (Å²) in [7, 11) is 4.00. The van der Waals surface area contributed by atoms with Crippen LogP contribution in [-0.4, -0.2) is 63.4 Å². The van der Waals surface area contributed by atoms with Gasteiger partial charge in [0.15, 0.2) is 11.0 Å². The lowest BCUT2D eigenvalue weighted by Crippen LogP contribution is -2.32. The number of thioether (sulfide) groups is 1. The van der Waals surface area contributed by atoms with Gasteiger partial charge >= 0.3 is 0 Å². The SMILES string of the molecule is CCN(CC)C(=O)CSc1nnc(C(C)N(C)C)n1-c1ccc(Cl)cc1. The van der Waals surface area contributed by atoms with E-state index < -0.39 is 0 Å². The summed E-state index contributed by atoms with van der Waals surface area (Å²) in [5.41, 5.74) is 0.931. The molecule has 8 heteroatoms. The van der Waals surface area contributed by atoms with Crippen LogP contribution in [0.3, 0.4) is 0 Å². The van der Waals surface area contributed by atoms with Crippen LogP contribution >= 0.6 is 23.4 Å². The zero-order valence-electron chi connectivity index (χ0n) is 15.9. The van der Waals surface area contributed by atoms with Gasteiger partial charge in [-0.25, -0.2) is 0 Å². The van der Waals surface area contributed by atoms with Gasteiger partial charge in [-0.3, -0.25) is 14.3 Å². The minimum atomic E-state index is 0.0750. The molecule has 2 aromatic rings. The largest absolute Gasteiger partial charge is 0.343 e. The molecule has 0 aliphatic rings. The van der Waals surface area contributed by atoms with E-state index in [4.69, 9.17) is 11.6 Å². The summed E-state index contributed by atoms with van der Waals surface area (Å²) in [6, 6.07) is 7.64. The highest BCUT2D eigenvalue weighted by Gasteiger charge is 2.22. The van der Waals surface area contributed by atoms with Crippen molar-refractivity contribution in [3.05, 3.63) is 35.1 Å². The molecule has 0 saturated carbocycles. The van der Waals surface area contributed by atoms with Crippen LogP contribution in [0.1, 0.15) is 32.6 Å². The second-order valence-electron chi connectivity index (χ2n) is 6.15. The van der Waals surface area contributed by atoms with Crippen molar-refractivity contribution in [2.75, 3.05) is 32.9 Å². The molecule has 0 bridgehead atoms. The molecule has 0 aliphatic carbocycles. The number of nitrogens with zero attached hydrogens (tertiary/aromatic N) is 5. The lowest BCUT2D eigenvalue weighted by molar-refractivity contribution is -0.127. The van der Waals surface area contributed by atoms with Crippen molar-refractivity contribution in [1.82, 2.24) is 24.6 Å². The lowest BCUT2D eigenvalue weighted by atomic mass is 10.2. The molecule has 0 N–H and O–H groups in total. The number of benzene rings is 1. The smallest absolute Gasteiger partial charge is 0.233 e. The van der Waals surface area contributed by atoms with Crippen LogP contribution in [0.4, 0.5) is 0 Å². The molecule has 1 aromatic carbocycles. The molecule has 1 aromatic heterocycles. The minimum Gasteiger partial charge on any atom is -0.343 e. The van der Waals surface area contributed by atoms with Crippen molar-refractivity contribution in [1.29, 1.82) is 0 Å². The van der Waals surface area contributed by atoms with E-state index in [1.54, 1.807) is 0 Å². The first kappa shape index (κ1) is 20.7. The standard InChI is InChI=1S/C18H26ClN5OS/c1-6-23(7-2)16(25)12-26-18-21-20-17(13(3)22(4)5)24(18)15-10-8-14(19)9-11-15/h8-11,13H,6-7,12H2,1-5H3. The zero-order chi connectivity index (χ0) is 19.3. The van der Waals surface area contributed by atoms with Crippen LogP contribution in [-0.2, 0) is 4.79 Å². The van der Waals surface area contributed by atoms with Gasteiger partial charge in [0.2, 0.25) is 5.91 Å². The number of halogens is 1. The number of hydrogen-bond acceptors (Lipinski definition) is 5. The van der Waals surface area contributed by atoms with Crippen LogP contribution < -0.4 is 0 Å². The van der Waals surface area contributed by atoms with E-state index in [2.05, 4.69) is 22.0 Å². The predicted octanol–water partition coefficient (Wildman–Crippen LogP) is 3.50. The van der Waals surface area contributed by atoms with E-state index in [0.29, 0.717) is 29.0 Å².